The van der Waals surface area contributed by atoms with Gasteiger partial charge in [0.05, 0.1) is 0 Å². The van der Waals surface area contributed by atoms with Crippen LogP contribution in [0, 0.1) is 0 Å². The highest BCUT2D eigenvalue weighted by atomic mass is 16.2. The summed E-state index contributed by atoms with van der Waals surface area (Å²) >= 11 is 0. The molecule has 3 amide bonds. The highest BCUT2D eigenvalue weighted by Crippen LogP contribution is 2.17. The predicted molar refractivity (Wildman–Crippen MR) is 91.7 cm³/mol. The number of nitrogens with zero attached hydrogens (tertiary/aromatic N) is 2. The molecule has 0 aromatic carbocycles. The van der Waals surface area contributed by atoms with Crippen LogP contribution in [0.15, 0.2) is 18.3 Å². The molecule has 130 valence electrons. The molecule has 24 heavy (non-hydrogen) atoms. The molecule has 2 fully saturated rings. The molecule has 0 saturated carbocycles. The van der Waals surface area contributed by atoms with Crippen LogP contribution in [0.2, 0.25) is 0 Å². The number of rotatable bonds is 4. The monoisotopic (exact) mass is 331 g/mol. The second-order valence-electron chi connectivity index (χ2n) is 6.39. The maximum atomic E-state index is 11.9. The van der Waals surface area contributed by atoms with Gasteiger partial charge in [0, 0.05) is 32.4 Å². The topological polar surface area (TPSA) is 86.4 Å². The van der Waals surface area contributed by atoms with Crippen LogP contribution in [0.4, 0.5) is 10.6 Å². The van der Waals surface area contributed by atoms with E-state index in [0.29, 0.717) is 19.5 Å². The molecule has 0 spiro atoms. The fourth-order valence-electron chi connectivity index (χ4n) is 3.13. The molecule has 3 rings (SSSR count). The Morgan fingerprint density at radius 3 is 2.79 bits per heavy atom. The molecule has 3 N–H and O–H groups in total. The van der Waals surface area contributed by atoms with Crippen LogP contribution < -0.4 is 20.9 Å². The lowest BCUT2D eigenvalue weighted by Gasteiger charge is -2.27. The van der Waals surface area contributed by atoms with E-state index in [0.717, 1.165) is 30.9 Å². The highest BCUT2D eigenvalue weighted by Gasteiger charge is 2.23. The number of carbonyl (C=O) groups excluding carboxylic acids is 2. The predicted octanol–water partition coefficient (Wildman–Crippen LogP) is 1.15. The van der Waals surface area contributed by atoms with Gasteiger partial charge in [-0.3, -0.25) is 4.79 Å². The lowest BCUT2D eigenvalue weighted by Crippen LogP contribution is -2.52. The first-order valence-electron chi connectivity index (χ1n) is 8.74. The van der Waals surface area contributed by atoms with Crippen molar-refractivity contribution < 1.29 is 9.59 Å². The zero-order chi connectivity index (χ0) is 16.8. The summed E-state index contributed by atoms with van der Waals surface area (Å²) in [5.41, 5.74) is 0.944. The zero-order valence-corrected chi connectivity index (χ0v) is 13.9. The Kier molecular flexibility index (Phi) is 5.51. The minimum Gasteiger partial charge on any atom is -0.357 e. The van der Waals surface area contributed by atoms with Gasteiger partial charge in [-0.1, -0.05) is 6.07 Å². The summed E-state index contributed by atoms with van der Waals surface area (Å²) in [4.78, 5) is 30.3. The third-order valence-corrected chi connectivity index (χ3v) is 4.53. The standard InChI is InChI=1S/C17H25N5O2/c23-16-14(5-4-8-18-16)21-17(24)20-12-13-6-7-15(19-11-13)22-9-2-1-3-10-22/h6-7,11,14H,1-5,8-10,12H2,(H,18,23)(H2,20,21,24)/t14-/m0/s1. The minimum atomic E-state index is -0.432. The summed E-state index contributed by atoms with van der Waals surface area (Å²) in [5, 5.41) is 8.25. The fraction of sp³-hybridized carbons (Fsp3) is 0.588. The van der Waals surface area contributed by atoms with Crippen molar-refractivity contribution in [1.29, 1.82) is 0 Å². The van der Waals surface area contributed by atoms with Crippen LogP contribution in [-0.2, 0) is 11.3 Å². The van der Waals surface area contributed by atoms with Crippen molar-refractivity contribution in [2.45, 2.75) is 44.7 Å². The van der Waals surface area contributed by atoms with Gasteiger partial charge in [-0.2, -0.15) is 0 Å². The number of hydrogen-bond acceptors (Lipinski definition) is 4. The number of pyridine rings is 1. The lowest BCUT2D eigenvalue weighted by molar-refractivity contribution is -0.124. The number of anilines is 1. The molecule has 7 nitrogen and oxygen atoms in total. The van der Waals surface area contributed by atoms with E-state index < -0.39 is 6.04 Å². The van der Waals surface area contributed by atoms with Gasteiger partial charge in [-0.05, 0) is 43.7 Å². The van der Waals surface area contributed by atoms with Crippen LogP contribution in [0.1, 0.15) is 37.7 Å². The van der Waals surface area contributed by atoms with Crippen LogP contribution in [0.3, 0.4) is 0 Å². The second kappa shape index (κ2) is 7.99. The number of piperidine rings is 2. The Balaban J connectivity index is 1.45. The Labute approximate surface area is 142 Å². The SMILES string of the molecule is O=C(NCc1ccc(N2CCCCC2)nc1)N[C@H]1CCCNC1=O. The molecule has 1 atom stereocenters. The molecule has 1 aromatic rings. The molecular weight excluding hydrogens is 306 g/mol. The summed E-state index contributed by atoms with van der Waals surface area (Å²) in [6.45, 7) is 3.22. The molecule has 0 aliphatic carbocycles. The summed E-state index contributed by atoms with van der Waals surface area (Å²) in [5.74, 6) is 0.894. The first-order valence-corrected chi connectivity index (χ1v) is 8.74. The average molecular weight is 331 g/mol. The van der Waals surface area contributed by atoms with Crippen LogP contribution in [-0.4, -0.2) is 42.6 Å². The Morgan fingerprint density at radius 1 is 1.25 bits per heavy atom. The Hall–Kier alpha value is -2.31. The number of aromatic nitrogens is 1. The molecule has 0 unspecified atom stereocenters. The quantitative estimate of drug-likeness (QED) is 0.772. The highest BCUT2D eigenvalue weighted by molar-refractivity contribution is 5.87. The molecule has 0 radical (unpaired) electrons. The van der Waals surface area contributed by atoms with Crippen molar-refractivity contribution >= 4 is 17.8 Å². The molecule has 1 aromatic heterocycles. The van der Waals surface area contributed by atoms with Gasteiger partial charge >= 0.3 is 6.03 Å². The van der Waals surface area contributed by atoms with Gasteiger partial charge in [0.2, 0.25) is 5.91 Å². The van der Waals surface area contributed by atoms with Crippen LogP contribution in [0.25, 0.3) is 0 Å². The van der Waals surface area contributed by atoms with Crippen molar-refractivity contribution in [1.82, 2.24) is 20.9 Å². The van der Waals surface area contributed by atoms with E-state index in [1.165, 1.54) is 19.3 Å². The normalized spacial score (nSPS) is 21.1. The summed E-state index contributed by atoms with van der Waals surface area (Å²) < 4.78 is 0. The molecular formula is C17H25N5O2. The molecule has 2 aliphatic heterocycles. The number of amides is 3. The molecule has 7 heteroatoms. The van der Waals surface area contributed by atoms with Crippen molar-refractivity contribution in [2.75, 3.05) is 24.5 Å². The van der Waals surface area contributed by atoms with Crippen molar-refractivity contribution in [3.63, 3.8) is 0 Å². The summed E-state index contributed by atoms with van der Waals surface area (Å²) in [7, 11) is 0. The third kappa shape index (κ3) is 4.37. The number of nitrogens with one attached hydrogen (secondary N) is 3. The van der Waals surface area contributed by atoms with E-state index >= 15 is 0 Å². The average Bonchev–Trinajstić information content (AvgIpc) is 2.63. The molecule has 0 bridgehead atoms. The molecule has 2 aliphatic rings. The first-order chi connectivity index (χ1) is 11.7. The number of urea groups is 1. The largest absolute Gasteiger partial charge is 0.357 e. The number of hydrogen-bond donors (Lipinski definition) is 3. The maximum absolute atomic E-state index is 11.9. The Bertz CT molecular complexity index is 569. The fourth-order valence-corrected chi connectivity index (χ4v) is 3.13. The number of carbonyl (C=O) groups is 2. The summed E-state index contributed by atoms with van der Waals surface area (Å²) in [6, 6.07) is 3.25. The minimum absolute atomic E-state index is 0.107. The van der Waals surface area contributed by atoms with E-state index in [4.69, 9.17) is 0 Å². The van der Waals surface area contributed by atoms with E-state index in [9.17, 15) is 9.59 Å². The van der Waals surface area contributed by atoms with E-state index in [-0.39, 0.29) is 11.9 Å². The summed E-state index contributed by atoms with van der Waals surface area (Å²) in [6.07, 6.45) is 7.12. The van der Waals surface area contributed by atoms with Crippen LogP contribution >= 0.6 is 0 Å². The zero-order valence-electron chi connectivity index (χ0n) is 13.9. The van der Waals surface area contributed by atoms with Crippen molar-refractivity contribution in [3.8, 4) is 0 Å². The lowest BCUT2D eigenvalue weighted by atomic mass is 10.1. The Morgan fingerprint density at radius 2 is 2.08 bits per heavy atom. The smallest absolute Gasteiger partial charge is 0.315 e. The van der Waals surface area contributed by atoms with E-state index in [2.05, 4.69) is 25.8 Å². The second-order valence-corrected chi connectivity index (χ2v) is 6.39. The van der Waals surface area contributed by atoms with Crippen LogP contribution in [0.5, 0.6) is 0 Å². The van der Waals surface area contributed by atoms with Crippen molar-refractivity contribution in [3.05, 3.63) is 23.9 Å². The molecule has 2 saturated heterocycles. The van der Waals surface area contributed by atoms with Gasteiger partial charge in [-0.15, -0.1) is 0 Å². The van der Waals surface area contributed by atoms with E-state index in [1.54, 1.807) is 6.20 Å². The van der Waals surface area contributed by atoms with Gasteiger partial charge in [0.15, 0.2) is 0 Å². The molecule has 3 heterocycles. The van der Waals surface area contributed by atoms with Gasteiger partial charge in [-0.25, -0.2) is 9.78 Å². The third-order valence-electron chi connectivity index (χ3n) is 4.53. The van der Waals surface area contributed by atoms with Crippen molar-refractivity contribution in [2.24, 2.45) is 0 Å². The first kappa shape index (κ1) is 16.5. The van der Waals surface area contributed by atoms with Gasteiger partial charge in [0.1, 0.15) is 11.9 Å². The maximum Gasteiger partial charge on any atom is 0.315 e. The van der Waals surface area contributed by atoms with E-state index in [1.807, 2.05) is 12.1 Å². The van der Waals surface area contributed by atoms with Gasteiger partial charge in [0.25, 0.3) is 0 Å². The van der Waals surface area contributed by atoms with Gasteiger partial charge < -0.3 is 20.9 Å².